The molecule has 0 radical (unpaired) electrons. The lowest BCUT2D eigenvalue weighted by Crippen LogP contribution is -2.21. The summed E-state index contributed by atoms with van der Waals surface area (Å²) in [7, 11) is 0. The first-order valence-corrected chi connectivity index (χ1v) is 6.56. The Morgan fingerprint density at radius 2 is 2.33 bits per heavy atom. The summed E-state index contributed by atoms with van der Waals surface area (Å²) in [4.78, 5) is 15.9. The van der Waals surface area contributed by atoms with E-state index in [1.165, 1.54) is 22.2 Å². The van der Waals surface area contributed by atoms with E-state index in [0.29, 0.717) is 6.54 Å². The zero-order valence-electron chi connectivity index (χ0n) is 10.4. The fraction of sp³-hybridized carbons (Fsp3) is 0.455. The van der Waals surface area contributed by atoms with Crippen LogP contribution in [0.2, 0.25) is 0 Å². The third kappa shape index (κ3) is 2.92. The van der Waals surface area contributed by atoms with Crippen molar-refractivity contribution in [3.63, 3.8) is 0 Å². The average Bonchev–Trinajstić information content (AvgIpc) is 2.77. The molecule has 0 fully saturated rings. The highest BCUT2D eigenvalue weighted by Crippen LogP contribution is 2.17. The molecule has 0 amide bonds. The van der Waals surface area contributed by atoms with E-state index in [0.717, 1.165) is 29.4 Å². The Morgan fingerprint density at radius 1 is 1.50 bits per heavy atom. The van der Waals surface area contributed by atoms with Gasteiger partial charge in [-0.3, -0.25) is 9.36 Å². The van der Waals surface area contributed by atoms with Crippen molar-refractivity contribution in [1.82, 2.24) is 19.1 Å². The molecule has 0 saturated heterocycles. The van der Waals surface area contributed by atoms with Gasteiger partial charge in [-0.05, 0) is 13.3 Å². The fourth-order valence-corrected chi connectivity index (χ4v) is 2.08. The Bertz CT molecular complexity index is 577. The monoisotopic (exact) mass is 265 g/mol. The van der Waals surface area contributed by atoms with Crippen molar-refractivity contribution in [1.29, 1.82) is 0 Å². The van der Waals surface area contributed by atoms with Crippen LogP contribution in [0.1, 0.15) is 24.7 Å². The maximum atomic E-state index is 11.7. The van der Waals surface area contributed by atoms with Gasteiger partial charge in [0.2, 0.25) is 0 Å². The van der Waals surface area contributed by atoms with Crippen molar-refractivity contribution in [3.8, 4) is 0 Å². The molecule has 0 aliphatic rings. The Hall–Kier alpha value is -1.76. The van der Waals surface area contributed by atoms with E-state index in [4.69, 9.17) is 0 Å². The molecule has 96 valence electrons. The lowest BCUT2D eigenvalue weighted by Gasteiger charge is -2.05. The van der Waals surface area contributed by atoms with E-state index < -0.39 is 0 Å². The zero-order chi connectivity index (χ0) is 13.0. The quantitative estimate of drug-likeness (QED) is 0.881. The molecule has 0 aromatic carbocycles. The lowest BCUT2D eigenvalue weighted by molar-refractivity contribution is 0.711. The Morgan fingerprint density at radius 3 is 3.06 bits per heavy atom. The van der Waals surface area contributed by atoms with Crippen molar-refractivity contribution >= 4 is 16.5 Å². The molecular weight excluding hydrogens is 250 g/mol. The fourth-order valence-electron chi connectivity index (χ4n) is 1.48. The molecule has 2 aromatic rings. The van der Waals surface area contributed by atoms with Gasteiger partial charge in [0.1, 0.15) is 10.7 Å². The summed E-state index contributed by atoms with van der Waals surface area (Å²) in [5.74, 6) is 0. The maximum absolute atomic E-state index is 11.7. The first-order chi connectivity index (χ1) is 8.70. The normalized spacial score (nSPS) is 10.6. The highest BCUT2D eigenvalue weighted by atomic mass is 32.1. The average molecular weight is 265 g/mol. The van der Waals surface area contributed by atoms with E-state index in [1.54, 1.807) is 13.3 Å². The highest BCUT2D eigenvalue weighted by molar-refractivity contribution is 7.10. The molecule has 2 rings (SSSR count). The summed E-state index contributed by atoms with van der Waals surface area (Å²) in [5, 5.41) is 8.22. The third-order valence-electron chi connectivity index (χ3n) is 2.43. The van der Waals surface area contributed by atoms with Crippen molar-refractivity contribution in [2.24, 2.45) is 0 Å². The van der Waals surface area contributed by atoms with Gasteiger partial charge in [0.25, 0.3) is 5.56 Å². The van der Waals surface area contributed by atoms with Gasteiger partial charge in [-0.2, -0.15) is 0 Å². The second kappa shape index (κ2) is 5.72. The summed E-state index contributed by atoms with van der Waals surface area (Å²) in [6.45, 7) is 5.16. The minimum Gasteiger partial charge on any atom is -0.374 e. The maximum Gasteiger partial charge on any atom is 0.253 e. The molecule has 0 bridgehead atoms. The first-order valence-electron chi connectivity index (χ1n) is 5.79. The summed E-state index contributed by atoms with van der Waals surface area (Å²) in [5.41, 5.74) is 1.43. The van der Waals surface area contributed by atoms with Gasteiger partial charge in [0, 0.05) is 29.8 Å². The van der Waals surface area contributed by atoms with E-state index >= 15 is 0 Å². The Labute approximate surface area is 109 Å². The SMILES string of the molecule is CCCNc1snnc1Cn1cnc(C)cc1=O. The largest absolute Gasteiger partial charge is 0.374 e. The topological polar surface area (TPSA) is 72.7 Å². The van der Waals surface area contributed by atoms with Crippen molar-refractivity contribution < 1.29 is 0 Å². The van der Waals surface area contributed by atoms with Crippen LogP contribution in [0.4, 0.5) is 5.00 Å². The van der Waals surface area contributed by atoms with Gasteiger partial charge in [-0.15, -0.1) is 5.10 Å². The van der Waals surface area contributed by atoms with Crippen LogP contribution in [0.5, 0.6) is 0 Å². The number of anilines is 1. The molecule has 0 unspecified atom stereocenters. The van der Waals surface area contributed by atoms with Crippen molar-refractivity contribution in [2.75, 3.05) is 11.9 Å². The molecule has 0 atom stereocenters. The lowest BCUT2D eigenvalue weighted by atomic mass is 10.4. The van der Waals surface area contributed by atoms with Gasteiger partial charge in [-0.25, -0.2) is 4.98 Å². The third-order valence-corrected chi connectivity index (χ3v) is 3.15. The first kappa shape index (κ1) is 12.7. The predicted octanol–water partition coefficient (Wildman–Crippen LogP) is 1.27. The second-order valence-electron chi connectivity index (χ2n) is 3.97. The number of aryl methyl sites for hydroxylation is 1. The minimum atomic E-state index is -0.0723. The van der Waals surface area contributed by atoms with Crippen molar-refractivity contribution in [2.45, 2.75) is 26.8 Å². The van der Waals surface area contributed by atoms with Gasteiger partial charge in [0.15, 0.2) is 0 Å². The van der Waals surface area contributed by atoms with E-state index in [-0.39, 0.29) is 5.56 Å². The molecule has 0 spiro atoms. The van der Waals surface area contributed by atoms with Gasteiger partial charge in [-0.1, -0.05) is 11.4 Å². The number of nitrogens with zero attached hydrogens (tertiary/aromatic N) is 4. The summed E-state index contributed by atoms with van der Waals surface area (Å²) < 4.78 is 5.44. The second-order valence-corrected chi connectivity index (χ2v) is 4.73. The molecule has 1 N–H and O–H groups in total. The zero-order valence-corrected chi connectivity index (χ0v) is 11.2. The molecule has 2 aromatic heterocycles. The van der Waals surface area contributed by atoms with Crippen LogP contribution < -0.4 is 10.9 Å². The van der Waals surface area contributed by atoms with E-state index in [1.807, 2.05) is 0 Å². The smallest absolute Gasteiger partial charge is 0.253 e. The molecule has 0 saturated carbocycles. The summed E-state index contributed by atoms with van der Waals surface area (Å²) >= 11 is 1.31. The number of rotatable bonds is 5. The summed E-state index contributed by atoms with van der Waals surface area (Å²) in [6, 6.07) is 1.51. The molecule has 2 heterocycles. The molecule has 7 heteroatoms. The van der Waals surface area contributed by atoms with Gasteiger partial charge >= 0.3 is 0 Å². The molecular formula is C11H15N5OS. The van der Waals surface area contributed by atoms with Crippen LogP contribution in [-0.4, -0.2) is 25.7 Å². The number of nitrogens with one attached hydrogen (secondary N) is 1. The molecule has 0 aliphatic heterocycles. The van der Waals surface area contributed by atoms with Crippen LogP contribution in [0, 0.1) is 6.92 Å². The number of hydrogen-bond donors (Lipinski definition) is 1. The predicted molar refractivity (Wildman–Crippen MR) is 71.0 cm³/mol. The van der Waals surface area contributed by atoms with Gasteiger partial charge in [0.05, 0.1) is 12.9 Å². The van der Waals surface area contributed by atoms with Crippen LogP contribution in [0.15, 0.2) is 17.2 Å². The Kier molecular flexibility index (Phi) is 4.03. The molecule has 18 heavy (non-hydrogen) atoms. The van der Waals surface area contributed by atoms with Crippen LogP contribution in [0.25, 0.3) is 0 Å². The standard InChI is InChI=1S/C11H15N5OS/c1-3-4-12-11-9(14-15-18-11)6-16-7-13-8(2)5-10(16)17/h5,7,12H,3-4,6H2,1-2H3. The molecule has 0 aliphatic carbocycles. The Balaban J connectivity index is 2.18. The van der Waals surface area contributed by atoms with E-state index in [2.05, 4.69) is 26.8 Å². The molecule has 6 nitrogen and oxygen atoms in total. The van der Waals surface area contributed by atoms with Gasteiger partial charge < -0.3 is 5.32 Å². The summed E-state index contributed by atoms with van der Waals surface area (Å²) in [6.07, 6.45) is 2.57. The van der Waals surface area contributed by atoms with Crippen LogP contribution in [-0.2, 0) is 6.54 Å². The van der Waals surface area contributed by atoms with E-state index in [9.17, 15) is 4.79 Å². The number of hydrogen-bond acceptors (Lipinski definition) is 6. The van der Waals surface area contributed by atoms with Crippen LogP contribution >= 0.6 is 11.5 Å². The van der Waals surface area contributed by atoms with Crippen molar-refractivity contribution in [3.05, 3.63) is 34.1 Å². The minimum absolute atomic E-state index is 0.0723. The van der Waals surface area contributed by atoms with Crippen LogP contribution in [0.3, 0.4) is 0 Å². The highest BCUT2D eigenvalue weighted by Gasteiger charge is 2.09. The number of aromatic nitrogens is 4.